The van der Waals surface area contributed by atoms with Crippen LogP contribution >= 0.6 is 15.9 Å². The summed E-state index contributed by atoms with van der Waals surface area (Å²) in [4.78, 5) is 3.75. The van der Waals surface area contributed by atoms with Crippen molar-refractivity contribution in [2.45, 2.75) is 4.90 Å². The molecule has 1 aromatic heterocycles. The summed E-state index contributed by atoms with van der Waals surface area (Å²) in [7, 11) is -3.86. The van der Waals surface area contributed by atoms with Gasteiger partial charge < -0.3 is 5.73 Å². The molecule has 0 fully saturated rings. The molecule has 0 saturated carbocycles. The number of nitrogens with one attached hydrogen (secondary N) is 1. The highest BCUT2D eigenvalue weighted by molar-refractivity contribution is 9.10. The third kappa shape index (κ3) is 3.02. The molecule has 0 aliphatic rings. The summed E-state index contributed by atoms with van der Waals surface area (Å²) in [5, 5.41) is 0. The molecule has 0 atom stereocenters. The van der Waals surface area contributed by atoms with E-state index in [1.165, 1.54) is 6.20 Å². The number of pyridine rings is 1. The lowest BCUT2D eigenvalue weighted by atomic mass is 10.3. The Hall–Kier alpha value is -1.67. The molecule has 0 aliphatic heterocycles. The molecule has 0 spiro atoms. The minimum atomic E-state index is -3.86. The van der Waals surface area contributed by atoms with Crippen molar-refractivity contribution in [1.82, 2.24) is 4.98 Å². The van der Waals surface area contributed by atoms with Crippen molar-refractivity contribution in [3.05, 3.63) is 46.8 Å². The highest BCUT2D eigenvalue weighted by Gasteiger charge is 2.17. The monoisotopic (exact) mass is 345 g/mol. The largest absolute Gasteiger partial charge is 0.396 e. The first-order chi connectivity index (χ1) is 8.90. The second-order valence-electron chi connectivity index (χ2n) is 3.62. The minimum absolute atomic E-state index is 0.135. The number of aromatic nitrogens is 1. The molecule has 2 aromatic rings. The fourth-order valence-electron chi connectivity index (χ4n) is 1.34. The van der Waals surface area contributed by atoms with Gasteiger partial charge in [-0.15, -0.1) is 0 Å². The lowest BCUT2D eigenvalue weighted by Gasteiger charge is -2.09. The molecule has 100 valence electrons. The molecule has 0 amide bonds. The Morgan fingerprint density at radius 3 is 2.68 bits per heavy atom. The number of sulfonamides is 1. The topological polar surface area (TPSA) is 85.1 Å². The average Bonchev–Trinajstić information content (AvgIpc) is 2.35. The van der Waals surface area contributed by atoms with E-state index in [1.54, 1.807) is 12.1 Å². The summed E-state index contributed by atoms with van der Waals surface area (Å²) in [5.41, 5.74) is 5.12. The van der Waals surface area contributed by atoms with Gasteiger partial charge in [-0.05, 0) is 46.3 Å². The molecular formula is C11H9BrFN3O2S. The van der Waals surface area contributed by atoms with Crippen LogP contribution in [0.1, 0.15) is 0 Å². The molecule has 2 rings (SSSR count). The molecule has 8 heteroatoms. The van der Waals surface area contributed by atoms with Gasteiger partial charge in [0.2, 0.25) is 0 Å². The predicted molar refractivity (Wildman–Crippen MR) is 73.6 cm³/mol. The van der Waals surface area contributed by atoms with Crippen molar-refractivity contribution >= 4 is 37.5 Å². The maximum Gasteiger partial charge on any atom is 0.263 e. The molecule has 1 heterocycles. The number of hydrogen-bond acceptors (Lipinski definition) is 4. The van der Waals surface area contributed by atoms with Gasteiger partial charge in [0.15, 0.2) is 5.82 Å². The number of halogens is 2. The Morgan fingerprint density at radius 2 is 2.05 bits per heavy atom. The normalized spacial score (nSPS) is 11.3. The molecule has 3 N–H and O–H groups in total. The van der Waals surface area contributed by atoms with Crippen LogP contribution in [0.15, 0.2) is 45.9 Å². The molecule has 0 radical (unpaired) electrons. The zero-order chi connectivity index (χ0) is 14.0. The van der Waals surface area contributed by atoms with Crippen molar-refractivity contribution in [3.63, 3.8) is 0 Å². The summed E-state index contributed by atoms with van der Waals surface area (Å²) >= 11 is 3.17. The Balaban J connectivity index is 2.38. The van der Waals surface area contributed by atoms with E-state index in [4.69, 9.17) is 5.73 Å². The highest BCUT2D eigenvalue weighted by atomic mass is 79.9. The summed E-state index contributed by atoms with van der Waals surface area (Å²) in [6.07, 6.45) is 1.45. The average molecular weight is 346 g/mol. The lowest BCUT2D eigenvalue weighted by molar-refractivity contribution is 0.600. The van der Waals surface area contributed by atoms with Gasteiger partial charge in [0.25, 0.3) is 10.0 Å². The number of anilines is 2. The van der Waals surface area contributed by atoms with Gasteiger partial charge >= 0.3 is 0 Å². The van der Waals surface area contributed by atoms with Crippen LogP contribution in [0.2, 0.25) is 0 Å². The highest BCUT2D eigenvalue weighted by Crippen LogP contribution is 2.23. The number of nitrogen functional groups attached to an aromatic ring is 1. The van der Waals surface area contributed by atoms with Gasteiger partial charge in [0.05, 0.1) is 15.1 Å². The third-order valence-corrected chi connectivity index (χ3v) is 4.24. The van der Waals surface area contributed by atoms with Gasteiger partial charge in [0.1, 0.15) is 5.82 Å². The predicted octanol–water partition coefficient (Wildman–Crippen LogP) is 2.37. The Bertz CT molecular complexity index is 722. The number of nitrogens with two attached hydrogens (primary N) is 1. The van der Waals surface area contributed by atoms with E-state index >= 15 is 0 Å². The molecule has 0 unspecified atom stereocenters. The zero-order valence-electron chi connectivity index (χ0n) is 9.47. The fourth-order valence-corrected chi connectivity index (χ4v) is 2.89. The van der Waals surface area contributed by atoms with Gasteiger partial charge in [-0.2, -0.15) is 0 Å². The lowest BCUT2D eigenvalue weighted by Crippen LogP contribution is -2.14. The number of rotatable bonds is 3. The van der Waals surface area contributed by atoms with E-state index < -0.39 is 15.8 Å². The van der Waals surface area contributed by atoms with Crippen LogP contribution in [0.4, 0.5) is 15.9 Å². The summed E-state index contributed by atoms with van der Waals surface area (Å²) < 4.78 is 39.9. The third-order valence-electron chi connectivity index (χ3n) is 2.27. The van der Waals surface area contributed by atoms with E-state index in [1.807, 2.05) is 0 Å². The second-order valence-corrected chi connectivity index (χ2v) is 6.16. The quantitative estimate of drug-likeness (QED) is 0.836. The van der Waals surface area contributed by atoms with Crippen molar-refractivity contribution in [2.75, 3.05) is 10.5 Å². The van der Waals surface area contributed by atoms with Gasteiger partial charge in [-0.25, -0.2) is 17.8 Å². The van der Waals surface area contributed by atoms with Crippen LogP contribution in [0.25, 0.3) is 0 Å². The van der Waals surface area contributed by atoms with Crippen LogP contribution < -0.4 is 10.5 Å². The molecule has 19 heavy (non-hydrogen) atoms. The van der Waals surface area contributed by atoms with Crippen molar-refractivity contribution in [3.8, 4) is 0 Å². The van der Waals surface area contributed by atoms with Crippen molar-refractivity contribution < 1.29 is 12.8 Å². The zero-order valence-corrected chi connectivity index (χ0v) is 11.9. The summed E-state index contributed by atoms with van der Waals surface area (Å²) in [6, 6.07) is 6.47. The van der Waals surface area contributed by atoms with Gasteiger partial charge in [-0.3, -0.25) is 4.72 Å². The van der Waals surface area contributed by atoms with Gasteiger partial charge in [0, 0.05) is 6.20 Å². The molecule has 0 bridgehead atoms. The van der Waals surface area contributed by atoms with Gasteiger partial charge in [-0.1, -0.05) is 0 Å². The summed E-state index contributed by atoms with van der Waals surface area (Å²) in [5.74, 6) is -0.525. The molecule has 0 aliphatic carbocycles. The smallest absolute Gasteiger partial charge is 0.263 e. The van der Waals surface area contributed by atoms with Crippen LogP contribution in [-0.2, 0) is 10.0 Å². The molecular weight excluding hydrogens is 337 g/mol. The van der Waals surface area contributed by atoms with Crippen LogP contribution in [0.5, 0.6) is 0 Å². The minimum Gasteiger partial charge on any atom is -0.396 e. The fraction of sp³-hybridized carbons (Fsp3) is 0. The number of hydrogen-bond donors (Lipinski definition) is 2. The summed E-state index contributed by atoms with van der Waals surface area (Å²) in [6.45, 7) is 0. The Labute approximate surface area is 117 Å². The first kappa shape index (κ1) is 13.8. The van der Waals surface area contributed by atoms with Crippen molar-refractivity contribution in [1.29, 1.82) is 0 Å². The number of nitrogens with zero attached hydrogens (tertiary/aromatic N) is 1. The van der Waals surface area contributed by atoms with E-state index in [0.29, 0.717) is 4.47 Å². The first-order valence-corrected chi connectivity index (χ1v) is 7.36. The number of benzene rings is 1. The Morgan fingerprint density at radius 1 is 1.32 bits per heavy atom. The van der Waals surface area contributed by atoms with E-state index in [-0.39, 0.29) is 16.4 Å². The van der Waals surface area contributed by atoms with E-state index in [9.17, 15) is 12.8 Å². The SMILES string of the molecule is Nc1cc(S(=O)(=O)Nc2ncccc2Br)ccc1F. The standard InChI is InChI=1S/C11H9BrFN3O2S/c12-8-2-1-5-15-11(8)16-19(17,18)7-3-4-9(13)10(14)6-7/h1-6H,14H2,(H,15,16). The molecule has 0 saturated heterocycles. The van der Waals surface area contributed by atoms with E-state index in [0.717, 1.165) is 18.2 Å². The Kier molecular flexibility index (Phi) is 3.72. The first-order valence-electron chi connectivity index (χ1n) is 5.08. The second kappa shape index (κ2) is 5.14. The van der Waals surface area contributed by atoms with Crippen LogP contribution in [-0.4, -0.2) is 13.4 Å². The van der Waals surface area contributed by atoms with E-state index in [2.05, 4.69) is 25.6 Å². The maximum absolute atomic E-state index is 13.0. The van der Waals surface area contributed by atoms with Crippen molar-refractivity contribution in [2.24, 2.45) is 0 Å². The van der Waals surface area contributed by atoms with Crippen LogP contribution in [0, 0.1) is 5.82 Å². The molecule has 5 nitrogen and oxygen atoms in total. The maximum atomic E-state index is 13.0. The van der Waals surface area contributed by atoms with Crippen LogP contribution in [0.3, 0.4) is 0 Å². The molecule has 1 aromatic carbocycles.